The average molecular weight is 343 g/mol. The number of nitrogens with zero attached hydrogens (tertiary/aromatic N) is 1. The molecule has 0 unspecified atom stereocenters. The summed E-state index contributed by atoms with van der Waals surface area (Å²) in [5, 5.41) is 6.53. The first-order valence-electron chi connectivity index (χ1n) is 7.73. The van der Waals surface area contributed by atoms with Crippen molar-refractivity contribution in [3.63, 3.8) is 0 Å². The van der Waals surface area contributed by atoms with E-state index in [9.17, 15) is 4.39 Å². The van der Waals surface area contributed by atoms with E-state index < -0.39 is 5.82 Å². The van der Waals surface area contributed by atoms with Crippen LogP contribution in [-0.2, 0) is 0 Å². The number of guanidine groups is 1. The van der Waals surface area contributed by atoms with Gasteiger partial charge in [0.1, 0.15) is 5.82 Å². The van der Waals surface area contributed by atoms with Gasteiger partial charge in [-0.3, -0.25) is 4.99 Å². The van der Waals surface area contributed by atoms with Crippen molar-refractivity contribution in [3.8, 4) is 0 Å². The van der Waals surface area contributed by atoms with E-state index in [1.165, 1.54) is 6.07 Å². The fourth-order valence-corrected chi connectivity index (χ4v) is 1.74. The molecule has 0 saturated carbocycles. The van der Waals surface area contributed by atoms with E-state index in [2.05, 4.69) is 50.2 Å². The largest absolute Gasteiger partial charge is 0.356 e. The van der Waals surface area contributed by atoms with Crippen molar-refractivity contribution in [1.82, 2.24) is 5.32 Å². The molecule has 0 aliphatic carbocycles. The van der Waals surface area contributed by atoms with Gasteiger partial charge in [0.25, 0.3) is 0 Å². The van der Waals surface area contributed by atoms with Crippen molar-refractivity contribution in [3.05, 3.63) is 29.0 Å². The van der Waals surface area contributed by atoms with Crippen LogP contribution in [0.1, 0.15) is 34.6 Å². The van der Waals surface area contributed by atoms with Crippen LogP contribution in [0.2, 0.25) is 5.02 Å². The maximum Gasteiger partial charge on any atom is 0.195 e. The zero-order chi connectivity index (χ0) is 17.7. The zero-order valence-corrected chi connectivity index (χ0v) is 15.4. The zero-order valence-electron chi connectivity index (χ0n) is 14.6. The third-order valence-electron chi connectivity index (χ3n) is 3.18. The van der Waals surface area contributed by atoms with Gasteiger partial charge in [-0.15, -0.1) is 0 Å². The quantitative estimate of drug-likeness (QED) is 0.562. The van der Waals surface area contributed by atoms with Crippen molar-refractivity contribution < 1.29 is 4.39 Å². The minimum atomic E-state index is -0.442. The third-order valence-corrected chi connectivity index (χ3v) is 3.47. The van der Waals surface area contributed by atoms with Crippen LogP contribution >= 0.6 is 11.6 Å². The van der Waals surface area contributed by atoms with Gasteiger partial charge in [0.2, 0.25) is 0 Å². The Kier molecular flexibility index (Phi) is 6.84. The van der Waals surface area contributed by atoms with Gasteiger partial charge in [0, 0.05) is 18.8 Å². The lowest BCUT2D eigenvalue weighted by molar-refractivity contribution is 0.375. The van der Waals surface area contributed by atoms with Crippen molar-refractivity contribution in [2.75, 3.05) is 25.0 Å². The normalized spacial score (nSPS) is 13.1. The summed E-state index contributed by atoms with van der Waals surface area (Å²) in [5.74, 6) is 0.187. The van der Waals surface area contributed by atoms with Crippen LogP contribution in [0.25, 0.3) is 0 Å². The number of benzene rings is 1. The van der Waals surface area contributed by atoms with Gasteiger partial charge in [-0.05, 0) is 35.6 Å². The van der Waals surface area contributed by atoms with Crippen LogP contribution in [-0.4, -0.2) is 25.6 Å². The van der Waals surface area contributed by atoms with Crippen LogP contribution < -0.4 is 16.4 Å². The molecular formula is C17H28ClFN4. The van der Waals surface area contributed by atoms with Crippen LogP contribution in [0.5, 0.6) is 0 Å². The van der Waals surface area contributed by atoms with Crippen LogP contribution in [0.15, 0.2) is 23.2 Å². The first-order valence-corrected chi connectivity index (χ1v) is 8.11. The first-order chi connectivity index (χ1) is 10.5. The number of rotatable bonds is 5. The molecule has 0 spiro atoms. The molecule has 4 N–H and O–H groups in total. The molecule has 0 aromatic heterocycles. The van der Waals surface area contributed by atoms with Crippen molar-refractivity contribution >= 4 is 23.2 Å². The second-order valence-corrected chi connectivity index (χ2v) is 8.11. The summed E-state index contributed by atoms with van der Waals surface area (Å²) in [7, 11) is 0. The van der Waals surface area contributed by atoms with E-state index in [0.717, 1.165) is 0 Å². The molecule has 1 aromatic rings. The van der Waals surface area contributed by atoms with Gasteiger partial charge >= 0.3 is 0 Å². The molecule has 1 aromatic carbocycles. The second kappa shape index (κ2) is 7.97. The molecule has 1 rings (SSSR count). The Morgan fingerprint density at radius 2 is 1.91 bits per heavy atom. The van der Waals surface area contributed by atoms with Crippen LogP contribution in [0.4, 0.5) is 10.1 Å². The van der Waals surface area contributed by atoms with E-state index in [1.54, 1.807) is 12.1 Å². The molecule has 0 bridgehead atoms. The number of anilines is 1. The van der Waals surface area contributed by atoms with E-state index in [1.807, 2.05) is 0 Å². The molecule has 4 nitrogen and oxygen atoms in total. The number of hydrogen-bond donors (Lipinski definition) is 3. The average Bonchev–Trinajstić information content (AvgIpc) is 2.45. The monoisotopic (exact) mass is 342 g/mol. The summed E-state index contributed by atoms with van der Waals surface area (Å²) in [5.41, 5.74) is 6.46. The summed E-state index contributed by atoms with van der Waals surface area (Å²) in [6, 6.07) is 4.50. The van der Waals surface area contributed by atoms with Gasteiger partial charge < -0.3 is 16.4 Å². The van der Waals surface area contributed by atoms with Crippen molar-refractivity contribution in [2.45, 2.75) is 34.6 Å². The lowest BCUT2D eigenvalue weighted by Gasteiger charge is -2.25. The Morgan fingerprint density at radius 1 is 1.26 bits per heavy atom. The molecule has 0 aliphatic heterocycles. The number of halogens is 2. The van der Waals surface area contributed by atoms with Gasteiger partial charge in [0.05, 0.1) is 5.02 Å². The van der Waals surface area contributed by atoms with Crippen molar-refractivity contribution in [1.29, 1.82) is 0 Å². The predicted octanol–water partition coefficient (Wildman–Crippen LogP) is 3.87. The highest BCUT2D eigenvalue weighted by Crippen LogP contribution is 2.20. The molecule has 0 aliphatic rings. The van der Waals surface area contributed by atoms with E-state index in [4.69, 9.17) is 17.3 Å². The summed E-state index contributed by atoms with van der Waals surface area (Å²) in [6.07, 6.45) is 0. The molecular weight excluding hydrogens is 315 g/mol. The highest BCUT2D eigenvalue weighted by atomic mass is 35.5. The lowest BCUT2D eigenvalue weighted by atomic mass is 9.94. The van der Waals surface area contributed by atoms with Gasteiger partial charge in [0.15, 0.2) is 5.96 Å². The molecule has 0 fully saturated rings. The molecule has 0 atom stereocenters. The molecule has 6 heteroatoms. The maximum atomic E-state index is 13.3. The molecule has 0 radical (unpaired) electrons. The summed E-state index contributed by atoms with van der Waals surface area (Å²) in [4.78, 5) is 4.60. The van der Waals surface area contributed by atoms with E-state index >= 15 is 0 Å². The molecule has 0 amide bonds. The van der Waals surface area contributed by atoms with Crippen LogP contribution in [0, 0.1) is 16.6 Å². The number of aliphatic imine (C=N–C) groups is 1. The third kappa shape index (κ3) is 7.66. The van der Waals surface area contributed by atoms with E-state index in [0.29, 0.717) is 31.3 Å². The lowest BCUT2D eigenvalue weighted by Crippen LogP contribution is -2.41. The smallest absolute Gasteiger partial charge is 0.195 e. The van der Waals surface area contributed by atoms with Gasteiger partial charge in [-0.25, -0.2) is 4.39 Å². The van der Waals surface area contributed by atoms with Crippen molar-refractivity contribution in [2.24, 2.45) is 21.6 Å². The first kappa shape index (κ1) is 19.7. The Labute approximate surface area is 143 Å². The summed E-state index contributed by atoms with van der Waals surface area (Å²) >= 11 is 5.83. The molecule has 23 heavy (non-hydrogen) atoms. The predicted molar refractivity (Wildman–Crippen MR) is 97.6 cm³/mol. The van der Waals surface area contributed by atoms with Gasteiger partial charge in [-0.1, -0.05) is 46.2 Å². The number of nitrogens with one attached hydrogen (secondary N) is 2. The Bertz CT molecular complexity index is 550. The minimum Gasteiger partial charge on any atom is -0.356 e. The van der Waals surface area contributed by atoms with Gasteiger partial charge in [-0.2, -0.15) is 0 Å². The molecule has 130 valence electrons. The van der Waals surface area contributed by atoms with E-state index in [-0.39, 0.29) is 15.9 Å². The maximum absolute atomic E-state index is 13.3. The fraction of sp³-hybridized carbons (Fsp3) is 0.588. The highest BCUT2D eigenvalue weighted by Gasteiger charge is 2.17. The minimum absolute atomic E-state index is 0.0510. The standard InChI is InChI=1S/C17H28ClFN4/c1-16(2,3)10-21-15(22-11-17(4,5)9-20)23-12-6-7-14(19)13(18)8-12/h6-8H,9-11,20H2,1-5H3,(H2,21,22,23). The highest BCUT2D eigenvalue weighted by molar-refractivity contribution is 6.31. The fourth-order valence-electron chi connectivity index (χ4n) is 1.56. The van der Waals surface area contributed by atoms with Crippen LogP contribution in [0.3, 0.4) is 0 Å². The summed E-state index contributed by atoms with van der Waals surface area (Å²) in [6.45, 7) is 12.4. The Hall–Kier alpha value is -1.33. The number of nitrogens with two attached hydrogens (primary N) is 1. The number of hydrogen-bond acceptors (Lipinski definition) is 2. The molecule has 0 heterocycles. The SMILES string of the molecule is CC(C)(C)CN=C(NCC(C)(C)CN)Nc1ccc(F)c(Cl)c1. The Morgan fingerprint density at radius 3 is 2.43 bits per heavy atom. The topological polar surface area (TPSA) is 62.4 Å². The second-order valence-electron chi connectivity index (χ2n) is 7.70. The molecule has 0 saturated heterocycles. The summed E-state index contributed by atoms with van der Waals surface area (Å²) < 4.78 is 13.3. The Balaban J connectivity index is 2.87.